The van der Waals surface area contributed by atoms with Crippen molar-refractivity contribution in [2.24, 2.45) is 0 Å². The van der Waals surface area contributed by atoms with Crippen LogP contribution in [-0.4, -0.2) is 28.7 Å². The van der Waals surface area contributed by atoms with Gasteiger partial charge in [-0.3, -0.25) is 0 Å². The number of sulfonamides is 1. The highest BCUT2D eigenvalue weighted by Gasteiger charge is 2.30. The van der Waals surface area contributed by atoms with Gasteiger partial charge in [-0.1, -0.05) is 0 Å². The van der Waals surface area contributed by atoms with Crippen LogP contribution in [0, 0.1) is 0 Å². The van der Waals surface area contributed by atoms with E-state index in [1.807, 2.05) is 0 Å². The molecule has 1 aliphatic carbocycles. The molecule has 5 nitrogen and oxygen atoms in total. The maximum Gasteiger partial charge on any atom is 0.242 e. The summed E-state index contributed by atoms with van der Waals surface area (Å²) in [6.45, 7) is 0. The number of ether oxygens (including phenoxy) is 2. The minimum absolute atomic E-state index is 0.0648. The van der Waals surface area contributed by atoms with E-state index in [0.717, 1.165) is 12.8 Å². The van der Waals surface area contributed by atoms with Crippen LogP contribution >= 0.6 is 15.9 Å². The Labute approximate surface area is 115 Å². The Hall–Kier alpha value is -0.790. The molecular weight excluding hydrogens is 322 g/mol. The van der Waals surface area contributed by atoms with E-state index in [4.69, 9.17) is 9.47 Å². The minimum atomic E-state index is -3.52. The summed E-state index contributed by atoms with van der Waals surface area (Å²) in [5.74, 6) is 0.867. The van der Waals surface area contributed by atoms with Gasteiger partial charge in [0.15, 0.2) is 11.5 Å². The van der Waals surface area contributed by atoms with Crippen molar-refractivity contribution in [1.82, 2.24) is 4.72 Å². The Bertz CT molecular complexity index is 554. The van der Waals surface area contributed by atoms with Crippen LogP contribution in [0.25, 0.3) is 0 Å². The average Bonchev–Trinajstić information content (AvgIpc) is 3.11. The molecule has 0 atom stereocenters. The van der Waals surface area contributed by atoms with E-state index in [9.17, 15) is 8.42 Å². The number of hydrogen-bond donors (Lipinski definition) is 1. The summed E-state index contributed by atoms with van der Waals surface area (Å²) >= 11 is 3.24. The fraction of sp³-hybridized carbons (Fsp3) is 0.455. The highest BCUT2D eigenvalue weighted by Crippen LogP contribution is 2.36. The molecule has 2 rings (SSSR count). The zero-order chi connectivity index (χ0) is 13.3. The fourth-order valence-corrected chi connectivity index (χ4v) is 3.87. The van der Waals surface area contributed by atoms with Crippen molar-refractivity contribution in [3.05, 3.63) is 16.6 Å². The Kier molecular flexibility index (Phi) is 3.84. The average molecular weight is 336 g/mol. The van der Waals surface area contributed by atoms with Crippen LogP contribution in [0.2, 0.25) is 0 Å². The largest absolute Gasteiger partial charge is 0.493 e. The smallest absolute Gasteiger partial charge is 0.242 e. The fourth-order valence-electron chi connectivity index (χ4n) is 1.53. The number of nitrogens with one attached hydrogen (secondary N) is 1. The first kappa shape index (κ1) is 13.6. The predicted octanol–water partition coefficient (Wildman–Crippen LogP) is 1.91. The van der Waals surface area contributed by atoms with Crippen molar-refractivity contribution in [2.45, 2.75) is 23.8 Å². The molecule has 100 valence electrons. The van der Waals surface area contributed by atoms with Gasteiger partial charge in [-0.15, -0.1) is 0 Å². The van der Waals surface area contributed by atoms with E-state index in [0.29, 0.717) is 16.0 Å². The van der Waals surface area contributed by atoms with Gasteiger partial charge < -0.3 is 9.47 Å². The summed E-state index contributed by atoms with van der Waals surface area (Å²) in [4.78, 5) is 0.159. The molecule has 0 aromatic heterocycles. The molecule has 0 spiro atoms. The first-order valence-electron chi connectivity index (χ1n) is 5.42. The lowest BCUT2D eigenvalue weighted by Crippen LogP contribution is -2.26. The second-order valence-corrected chi connectivity index (χ2v) is 6.57. The van der Waals surface area contributed by atoms with Gasteiger partial charge in [0.05, 0.1) is 14.2 Å². The molecule has 0 aliphatic heterocycles. The summed E-state index contributed by atoms with van der Waals surface area (Å²) in [7, 11) is -0.548. The lowest BCUT2D eigenvalue weighted by molar-refractivity contribution is 0.353. The van der Waals surface area contributed by atoms with Crippen LogP contribution < -0.4 is 14.2 Å². The molecule has 1 aromatic carbocycles. The standard InChI is InChI=1S/C11H14BrNO4S/c1-16-9-5-8(12)11(6-10(9)17-2)18(14,15)13-7-3-4-7/h5-7,13H,3-4H2,1-2H3. The van der Waals surface area contributed by atoms with Crippen LogP contribution in [0.1, 0.15) is 12.8 Å². The second kappa shape index (κ2) is 5.07. The van der Waals surface area contributed by atoms with E-state index in [-0.39, 0.29) is 10.9 Å². The third-order valence-corrected chi connectivity index (χ3v) is 5.11. The highest BCUT2D eigenvalue weighted by molar-refractivity contribution is 9.10. The molecule has 0 unspecified atom stereocenters. The molecule has 0 heterocycles. The van der Waals surface area contributed by atoms with E-state index in [1.54, 1.807) is 6.07 Å². The van der Waals surface area contributed by atoms with Gasteiger partial charge >= 0.3 is 0 Å². The van der Waals surface area contributed by atoms with Crippen LogP contribution in [-0.2, 0) is 10.0 Å². The molecule has 0 amide bonds. The van der Waals surface area contributed by atoms with Crippen molar-refractivity contribution in [3.8, 4) is 11.5 Å². The summed E-state index contributed by atoms with van der Waals surface area (Å²) in [5.41, 5.74) is 0. The summed E-state index contributed by atoms with van der Waals surface area (Å²) in [6.07, 6.45) is 1.79. The van der Waals surface area contributed by atoms with Crippen LogP contribution in [0.3, 0.4) is 0 Å². The van der Waals surface area contributed by atoms with Crippen LogP contribution in [0.5, 0.6) is 11.5 Å². The molecule has 1 fully saturated rings. The number of hydrogen-bond acceptors (Lipinski definition) is 4. The zero-order valence-corrected chi connectivity index (χ0v) is 12.5. The monoisotopic (exact) mass is 335 g/mol. The van der Waals surface area contributed by atoms with Gasteiger partial charge in [0.2, 0.25) is 10.0 Å². The maximum atomic E-state index is 12.1. The number of benzene rings is 1. The second-order valence-electron chi connectivity index (χ2n) is 4.03. The number of rotatable bonds is 5. The Morgan fingerprint density at radius 2 is 1.78 bits per heavy atom. The van der Waals surface area contributed by atoms with E-state index in [1.165, 1.54) is 20.3 Å². The van der Waals surface area contributed by atoms with Gasteiger partial charge in [-0.05, 0) is 34.8 Å². The van der Waals surface area contributed by atoms with Crippen LogP contribution in [0.15, 0.2) is 21.5 Å². The van der Waals surface area contributed by atoms with Gasteiger partial charge in [-0.25, -0.2) is 13.1 Å². The lowest BCUT2D eigenvalue weighted by Gasteiger charge is -2.12. The normalized spacial score (nSPS) is 15.5. The molecule has 0 saturated heterocycles. The summed E-state index contributed by atoms with van der Waals surface area (Å²) < 4.78 is 37.6. The third kappa shape index (κ3) is 2.78. The molecule has 18 heavy (non-hydrogen) atoms. The molecule has 0 bridgehead atoms. The van der Waals surface area contributed by atoms with E-state index in [2.05, 4.69) is 20.7 Å². The maximum absolute atomic E-state index is 12.1. The molecule has 0 radical (unpaired) electrons. The van der Waals surface area contributed by atoms with Gasteiger partial charge in [0.25, 0.3) is 0 Å². The predicted molar refractivity (Wildman–Crippen MR) is 70.6 cm³/mol. The van der Waals surface area contributed by atoms with Gasteiger partial charge in [0.1, 0.15) is 4.90 Å². The Morgan fingerprint density at radius 3 is 2.28 bits per heavy atom. The molecule has 1 aromatic rings. The number of halogens is 1. The van der Waals surface area contributed by atoms with Crippen molar-refractivity contribution in [3.63, 3.8) is 0 Å². The van der Waals surface area contributed by atoms with Gasteiger partial charge in [0, 0.05) is 16.6 Å². The summed E-state index contributed by atoms with van der Waals surface area (Å²) in [6, 6.07) is 3.10. The molecule has 1 saturated carbocycles. The molecule has 7 heteroatoms. The Balaban J connectivity index is 2.43. The minimum Gasteiger partial charge on any atom is -0.493 e. The van der Waals surface area contributed by atoms with E-state index < -0.39 is 10.0 Å². The third-order valence-electron chi connectivity index (χ3n) is 2.63. The molecule has 1 N–H and O–H groups in total. The first-order valence-corrected chi connectivity index (χ1v) is 7.69. The van der Waals surface area contributed by atoms with Crippen molar-refractivity contribution in [1.29, 1.82) is 0 Å². The summed E-state index contributed by atoms with van der Waals surface area (Å²) in [5, 5.41) is 0. The topological polar surface area (TPSA) is 64.6 Å². The Morgan fingerprint density at radius 1 is 1.22 bits per heavy atom. The molecular formula is C11H14BrNO4S. The highest BCUT2D eigenvalue weighted by atomic mass is 79.9. The lowest BCUT2D eigenvalue weighted by atomic mass is 10.3. The van der Waals surface area contributed by atoms with Crippen molar-refractivity contribution >= 4 is 26.0 Å². The van der Waals surface area contributed by atoms with Crippen LogP contribution in [0.4, 0.5) is 0 Å². The zero-order valence-electron chi connectivity index (χ0n) is 10.1. The van der Waals surface area contributed by atoms with Crippen molar-refractivity contribution in [2.75, 3.05) is 14.2 Å². The number of methoxy groups -OCH3 is 2. The van der Waals surface area contributed by atoms with Gasteiger partial charge in [-0.2, -0.15) is 0 Å². The van der Waals surface area contributed by atoms with E-state index >= 15 is 0 Å². The SMILES string of the molecule is COc1cc(Br)c(S(=O)(=O)NC2CC2)cc1OC. The first-order chi connectivity index (χ1) is 8.47. The van der Waals surface area contributed by atoms with Crippen molar-refractivity contribution < 1.29 is 17.9 Å². The molecule has 1 aliphatic rings. The quantitative estimate of drug-likeness (QED) is 0.892.